The first-order valence-electron chi connectivity index (χ1n) is 7.78. The quantitative estimate of drug-likeness (QED) is 0.756. The standard InChI is InChI=1S/C15H24N2O5S/c1-23(19,20)14-6-2-8-17(11-14)15(18)16-7-4-9-21-12-13-5-3-10-22-13/h3,5,10,14H,2,4,6-9,11-12H2,1H3,(H,16,18)/t14-/m1/s1. The third kappa shape index (κ3) is 5.87. The first-order valence-corrected chi connectivity index (χ1v) is 9.74. The topological polar surface area (TPSA) is 88.9 Å². The Morgan fingerprint density at radius 3 is 3.04 bits per heavy atom. The van der Waals surface area contributed by atoms with E-state index in [4.69, 9.17) is 9.15 Å². The molecule has 7 nitrogen and oxygen atoms in total. The molecule has 130 valence electrons. The van der Waals surface area contributed by atoms with Crippen molar-refractivity contribution in [3.8, 4) is 0 Å². The van der Waals surface area contributed by atoms with E-state index in [9.17, 15) is 13.2 Å². The molecule has 0 aromatic carbocycles. The van der Waals surface area contributed by atoms with Gasteiger partial charge in [0.15, 0.2) is 9.84 Å². The smallest absolute Gasteiger partial charge is 0.317 e. The molecule has 2 rings (SSSR count). The largest absolute Gasteiger partial charge is 0.467 e. The van der Waals surface area contributed by atoms with Crippen LogP contribution in [0.15, 0.2) is 22.8 Å². The number of furan rings is 1. The van der Waals surface area contributed by atoms with Crippen LogP contribution in [0.4, 0.5) is 4.79 Å². The molecule has 1 N–H and O–H groups in total. The number of nitrogens with one attached hydrogen (secondary N) is 1. The van der Waals surface area contributed by atoms with Crippen LogP contribution in [0.2, 0.25) is 0 Å². The zero-order chi connectivity index (χ0) is 16.7. The molecule has 0 unspecified atom stereocenters. The molecule has 2 amide bonds. The van der Waals surface area contributed by atoms with Gasteiger partial charge in [0.25, 0.3) is 0 Å². The maximum Gasteiger partial charge on any atom is 0.317 e. The number of ether oxygens (including phenoxy) is 1. The van der Waals surface area contributed by atoms with E-state index in [0.717, 1.165) is 12.2 Å². The van der Waals surface area contributed by atoms with Gasteiger partial charge in [-0.05, 0) is 31.4 Å². The molecule has 0 aliphatic carbocycles. The van der Waals surface area contributed by atoms with Crippen LogP contribution in [0.1, 0.15) is 25.0 Å². The maximum absolute atomic E-state index is 12.1. The number of amides is 2. The van der Waals surface area contributed by atoms with Gasteiger partial charge in [-0.2, -0.15) is 0 Å². The summed E-state index contributed by atoms with van der Waals surface area (Å²) in [5.41, 5.74) is 0. The van der Waals surface area contributed by atoms with Crippen molar-refractivity contribution in [2.75, 3.05) is 32.5 Å². The van der Waals surface area contributed by atoms with E-state index >= 15 is 0 Å². The molecule has 1 fully saturated rings. The monoisotopic (exact) mass is 344 g/mol. The van der Waals surface area contributed by atoms with Crippen LogP contribution in [0.3, 0.4) is 0 Å². The predicted octanol–water partition coefficient (Wildman–Crippen LogP) is 1.40. The molecule has 1 aliphatic heterocycles. The number of urea groups is 1. The average molecular weight is 344 g/mol. The first kappa shape index (κ1) is 17.8. The lowest BCUT2D eigenvalue weighted by molar-refractivity contribution is 0.104. The third-order valence-corrected chi connectivity index (χ3v) is 5.43. The van der Waals surface area contributed by atoms with Crippen molar-refractivity contribution in [1.82, 2.24) is 10.2 Å². The molecule has 1 aliphatic rings. The zero-order valence-corrected chi connectivity index (χ0v) is 14.2. The second-order valence-electron chi connectivity index (χ2n) is 5.76. The molecule has 0 saturated carbocycles. The van der Waals surface area contributed by atoms with Gasteiger partial charge in [0.1, 0.15) is 12.4 Å². The van der Waals surface area contributed by atoms with Crippen LogP contribution >= 0.6 is 0 Å². The molecular formula is C15H24N2O5S. The molecule has 1 saturated heterocycles. The van der Waals surface area contributed by atoms with E-state index in [2.05, 4.69) is 5.32 Å². The highest BCUT2D eigenvalue weighted by Crippen LogP contribution is 2.16. The van der Waals surface area contributed by atoms with Crippen LogP contribution in [-0.2, 0) is 21.2 Å². The molecular weight excluding hydrogens is 320 g/mol. The van der Waals surface area contributed by atoms with E-state index in [-0.39, 0.29) is 12.6 Å². The van der Waals surface area contributed by atoms with Crippen molar-refractivity contribution in [2.45, 2.75) is 31.1 Å². The van der Waals surface area contributed by atoms with Crippen LogP contribution < -0.4 is 5.32 Å². The summed E-state index contributed by atoms with van der Waals surface area (Å²) in [6, 6.07) is 3.45. The number of carbonyl (C=O) groups excluding carboxylic acids is 1. The fourth-order valence-corrected chi connectivity index (χ4v) is 3.57. The molecule has 8 heteroatoms. The fraction of sp³-hybridized carbons (Fsp3) is 0.667. The Morgan fingerprint density at radius 2 is 2.35 bits per heavy atom. The van der Waals surface area contributed by atoms with Crippen molar-refractivity contribution in [3.05, 3.63) is 24.2 Å². The van der Waals surface area contributed by atoms with E-state index in [1.165, 1.54) is 6.26 Å². The van der Waals surface area contributed by atoms with Gasteiger partial charge in [-0.1, -0.05) is 0 Å². The summed E-state index contributed by atoms with van der Waals surface area (Å²) in [5.74, 6) is 0.772. The number of piperidine rings is 1. The van der Waals surface area contributed by atoms with Gasteiger partial charge < -0.3 is 19.4 Å². The normalized spacial score (nSPS) is 18.8. The summed E-state index contributed by atoms with van der Waals surface area (Å²) in [4.78, 5) is 13.6. The Kier molecular flexibility index (Phi) is 6.47. The number of sulfone groups is 1. The van der Waals surface area contributed by atoms with E-state index in [1.807, 2.05) is 6.07 Å². The lowest BCUT2D eigenvalue weighted by Gasteiger charge is -2.31. The van der Waals surface area contributed by atoms with Gasteiger partial charge in [0.2, 0.25) is 0 Å². The average Bonchev–Trinajstić information content (AvgIpc) is 3.03. The van der Waals surface area contributed by atoms with Gasteiger partial charge in [-0.25, -0.2) is 13.2 Å². The molecule has 23 heavy (non-hydrogen) atoms. The van der Waals surface area contributed by atoms with E-state index in [0.29, 0.717) is 39.1 Å². The van der Waals surface area contributed by atoms with Crippen LogP contribution in [-0.4, -0.2) is 57.1 Å². The summed E-state index contributed by atoms with van der Waals surface area (Å²) in [7, 11) is -3.10. The van der Waals surface area contributed by atoms with Crippen LogP contribution in [0.25, 0.3) is 0 Å². The molecule has 1 atom stereocenters. The summed E-state index contributed by atoms with van der Waals surface area (Å²) in [5, 5.41) is 2.36. The maximum atomic E-state index is 12.1. The van der Waals surface area contributed by atoms with Crippen molar-refractivity contribution in [3.63, 3.8) is 0 Å². The Bertz CT molecular complexity index is 585. The number of hydrogen-bond donors (Lipinski definition) is 1. The van der Waals surface area contributed by atoms with Crippen LogP contribution in [0.5, 0.6) is 0 Å². The summed E-state index contributed by atoms with van der Waals surface area (Å²) in [6.45, 7) is 2.32. The second-order valence-corrected chi connectivity index (χ2v) is 8.08. The minimum Gasteiger partial charge on any atom is -0.467 e. The van der Waals surface area contributed by atoms with Crippen molar-refractivity contribution in [1.29, 1.82) is 0 Å². The first-order chi connectivity index (χ1) is 11.0. The molecule has 0 bridgehead atoms. The lowest BCUT2D eigenvalue weighted by atomic mass is 10.1. The zero-order valence-electron chi connectivity index (χ0n) is 13.4. The third-order valence-electron chi connectivity index (χ3n) is 3.84. The van der Waals surface area contributed by atoms with Crippen molar-refractivity contribution < 1.29 is 22.4 Å². The van der Waals surface area contributed by atoms with Gasteiger partial charge >= 0.3 is 6.03 Å². The van der Waals surface area contributed by atoms with Gasteiger partial charge in [0.05, 0.1) is 11.5 Å². The minimum atomic E-state index is -3.10. The van der Waals surface area contributed by atoms with Gasteiger partial charge in [-0.15, -0.1) is 0 Å². The number of nitrogens with zero attached hydrogens (tertiary/aromatic N) is 1. The summed E-state index contributed by atoms with van der Waals surface area (Å²) >= 11 is 0. The van der Waals surface area contributed by atoms with Gasteiger partial charge in [0, 0.05) is 32.5 Å². The molecule has 0 radical (unpaired) electrons. The molecule has 0 spiro atoms. The van der Waals surface area contributed by atoms with Gasteiger partial charge in [-0.3, -0.25) is 0 Å². The highest BCUT2D eigenvalue weighted by atomic mass is 32.2. The van der Waals surface area contributed by atoms with E-state index in [1.54, 1.807) is 17.2 Å². The van der Waals surface area contributed by atoms with E-state index < -0.39 is 15.1 Å². The summed E-state index contributed by atoms with van der Waals surface area (Å²) < 4.78 is 33.8. The minimum absolute atomic E-state index is 0.204. The Morgan fingerprint density at radius 1 is 1.52 bits per heavy atom. The highest BCUT2D eigenvalue weighted by Gasteiger charge is 2.29. The number of likely N-dealkylation sites (tertiary alicyclic amines) is 1. The predicted molar refractivity (Wildman–Crippen MR) is 85.8 cm³/mol. The number of carbonyl (C=O) groups is 1. The second kappa shape index (κ2) is 8.35. The highest BCUT2D eigenvalue weighted by molar-refractivity contribution is 7.91. The van der Waals surface area contributed by atoms with Crippen LogP contribution in [0, 0.1) is 0 Å². The Labute approximate surface area is 136 Å². The SMILES string of the molecule is CS(=O)(=O)[C@@H]1CCCN(C(=O)NCCCOCc2ccco2)C1. The molecule has 1 aromatic heterocycles. The fourth-order valence-electron chi connectivity index (χ4n) is 2.52. The van der Waals surface area contributed by atoms with Crippen molar-refractivity contribution in [2.24, 2.45) is 0 Å². The lowest BCUT2D eigenvalue weighted by Crippen LogP contribution is -2.49. The Balaban J connectivity index is 1.61. The Hall–Kier alpha value is -1.54. The number of hydrogen-bond acceptors (Lipinski definition) is 5. The van der Waals surface area contributed by atoms with Crippen molar-refractivity contribution >= 4 is 15.9 Å². The molecule has 1 aromatic rings. The summed E-state index contributed by atoms with van der Waals surface area (Å²) in [6.07, 6.45) is 4.87. The number of rotatable bonds is 7. The molecule has 2 heterocycles.